The van der Waals surface area contributed by atoms with Gasteiger partial charge < -0.3 is 10.1 Å². The molecule has 3 nitrogen and oxygen atoms in total. The second-order valence-corrected chi connectivity index (χ2v) is 6.48. The molecule has 1 N–H and O–H groups in total. The van der Waals surface area contributed by atoms with E-state index in [-0.39, 0.29) is 5.54 Å². The molecule has 0 radical (unpaired) electrons. The lowest BCUT2D eigenvalue weighted by Crippen LogP contribution is -2.44. The van der Waals surface area contributed by atoms with Crippen molar-refractivity contribution in [3.8, 4) is 0 Å². The van der Waals surface area contributed by atoms with Gasteiger partial charge in [0.1, 0.15) is 0 Å². The van der Waals surface area contributed by atoms with Crippen molar-refractivity contribution in [1.29, 1.82) is 0 Å². The molecule has 0 aliphatic heterocycles. The molecular formula is C15H34N2O. The summed E-state index contributed by atoms with van der Waals surface area (Å²) in [6, 6.07) is 0.636. The summed E-state index contributed by atoms with van der Waals surface area (Å²) < 4.78 is 5.21. The van der Waals surface area contributed by atoms with Crippen molar-refractivity contribution in [2.75, 3.05) is 33.4 Å². The van der Waals surface area contributed by atoms with Crippen LogP contribution in [0, 0.1) is 5.92 Å². The SMILES string of the molecule is CCC(C)N(CCOC)CC(C)CNC(C)(C)C. The molecule has 0 saturated heterocycles. The Balaban J connectivity index is 4.13. The Kier molecular flexibility index (Phi) is 8.83. The molecule has 0 aromatic rings. The summed E-state index contributed by atoms with van der Waals surface area (Å²) in [5.41, 5.74) is 0.210. The fraction of sp³-hybridized carbons (Fsp3) is 1.00. The summed E-state index contributed by atoms with van der Waals surface area (Å²) in [7, 11) is 1.78. The summed E-state index contributed by atoms with van der Waals surface area (Å²) >= 11 is 0. The van der Waals surface area contributed by atoms with Gasteiger partial charge in [0.25, 0.3) is 0 Å². The van der Waals surface area contributed by atoms with Gasteiger partial charge in [-0.3, -0.25) is 4.90 Å². The van der Waals surface area contributed by atoms with E-state index in [9.17, 15) is 0 Å². The van der Waals surface area contributed by atoms with Crippen molar-refractivity contribution in [3.05, 3.63) is 0 Å². The Morgan fingerprint density at radius 3 is 2.28 bits per heavy atom. The second kappa shape index (κ2) is 8.89. The highest BCUT2D eigenvalue weighted by Gasteiger charge is 2.17. The van der Waals surface area contributed by atoms with E-state index in [2.05, 4.69) is 51.8 Å². The van der Waals surface area contributed by atoms with Gasteiger partial charge in [-0.2, -0.15) is 0 Å². The molecule has 2 unspecified atom stereocenters. The third-order valence-electron chi connectivity index (χ3n) is 3.32. The molecule has 0 fully saturated rings. The number of hydrogen-bond donors (Lipinski definition) is 1. The first-order valence-corrected chi connectivity index (χ1v) is 7.28. The third-order valence-corrected chi connectivity index (χ3v) is 3.32. The fourth-order valence-electron chi connectivity index (χ4n) is 1.90. The van der Waals surface area contributed by atoms with Crippen molar-refractivity contribution >= 4 is 0 Å². The first-order chi connectivity index (χ1) is 8.30. The van der Waals surface area contributed by atoms with Crippen LogP contribution in [0.4, 0.5) is 0 Å². The van der Waals surface area contributed by atoms with E-state index in [1.54, 1.807) is 7.11 Å². The van der Waals surface area contributed by atoms with Crippen LogP contribution in [0.25, 0.3) is 0 Å². The van der Waals surface area contributed by atoms with Gasteiger partial charge >= 0.3 is 0 Å². The molecule has 0 heterocycles. The summed E-state index contributed by atoms with van der Waals surface area (Å²) in [5.74, 6) is 0.662. The van der Waals surface area contributed by atoms with Crippen LogP contribution in [0.15, 0.2) is 0 Å². The monoisotopic (exact) mass is 258 g/mol. The maximum Gasteiger partial charge on any atom is 0.0589 e. The quantitative estimate of drug-likeness (QED) is 0.688. The lowest BCUT2D eigenvalue weighted by molar-refractivity contribution is 0.110. The van der Waals surface area contributed by atoms with Crippen LogP contribution in [0.1, 0.15) is 48.0 Å². The maximum atomic E-state index is 5.21. The maximum absolute atomic E-state index is 5.21. The normalized spacial score (nSPS) is 16.0. The topological polar surface area (TPSA) is 24.5 Å². The number of rotatable bonds is 9. The minimum atomic E-state index is 0.210. The summed E-state index contributed by atoms with van der Waals surface area (Å²) in [5, 5.41) is 3.58. The molecule has 18 heavy (non-hydrogen) atoms. The lowest BCUT2D eigenvalue weighted by atomic mass is 10.1. The van der Waals surface area contributed by atoms with Crippen molar-refractivity contribution in [2.45, 2.75) is 59.5 Å². The highest BCUT2D eigenvalue weighted by Crippen LogP contribution is 2.08. The van der Waals surface area contributed by atoms with E-state index in [0.29, 0.717) is 12.0 Å². The van der Waals surface area contributed by atoms with Gasteiger partial charge in [0.05, 0.1) is 6.61 Å². The average Bonchev–Trinajstić information content (AvgIpc) is 2.30. The van der Waals surface area contributed by atoms with Crippen LogP contribution >= 0.6 is 0 Å². The zero-order valence-corrected chi connectivity index (χ0v) is 13.5. The predicted octanol–water partition coefficient (Wildman–Crippen LogP) is 2.76. The minimum absolute atomic E-state index is 0.210. The second-order valence-electron chi connectivity index (χ2n) is 6.48. The van der Waals surface area contributed by atoms with Gasteiger partial charge in [0, 0.05) is 31.8 Å². The van der Waals surface area contributed by atoms with E-state index in [4.69, 9.17) is 4.74 Å². The van der Waals surface area contributed by atoms with Crippen LogP contribution in [0.2, 0.25) is 0 Å². The standard InChI is InChI=1S/C15H34N2O/c1-8-14(3)17(9-10-18-7)12-13(2)11-16-15(4,5)6/h13-14,16H,8-12H2,1-7H3. The van der Waals surface area contributed by atoms with Crippen LogP contribution in [-0.4, -0.2) is 49.8 Å². The van der Waals surface area contributed by atoms with Crippen LogP contribution in [0.3, 0.4) is 0 Å². The van der Waals surface area contributed by atoms with E-state index in [0.717, 1.165) is 26.2 Å². The highest BCUT2D eigenvalue weighted by atomic mass is 16.5. The highest BCUT2D eigenvalue weighted by molar-refractivity contribution is 4.75. The molecule has 110 valence electrons. The smallest absolute Gasteiger partial charge is 0.0589 e. The van der Waals surface area contributed by atoms with E-state index < -0.39 is 0 Å². The van der Waals surface area contributed by atoms with E-state index in [1.165, 1.54) is 6.42 Å². The average molecular weight is 258 g/mol. The van der Waals surface area contributed by atoms with Crippen LogP contribution in [0.5, 0.6) is 0 Å². The first kappa shape index (κ1) is 17.9. The molecule has 0 aromatic heterocycles. The molecule has 3 heteroatoms. The van der Waals surface area contributed by atoms with Gasteiger partial charge in [0.2, 0.25) is 0 Å². The Morgan fingerprint density at radius 2 is 1.83 bits per heavy atom. The fourth-order valence-corrected chi connectivity index (χ4v) is 1.90. The van der Waals surface area contributed by atoms with Gasteiger partial charge in [0.15, 0.2) is 0 Å². The van der Waals surface area contributed by atoms with Crippen LogP contribution in [-0.2, 0) is 4.74 Å². The molecular weight excluding hydrogens is 224 g/mol. The van der Waals surface area contributed by atoms with Crippen molar-refractivity contribution in [2.24, 2.45) is 5.92 Å². The number of hydrogen-bond acceptors (Lipinski definition) is 3. The molecule has 2 atom stereocenters. The molecule has 0 amide bonds. The number of methoxy groups -OCH3 is 1. The zero-order chi connectivity index (χ0) is 14.2. The molecule has 0 spiro atoms. The Bertz CT molecular complexity index is 201. The molecule has 0 aliphatic rings. The Hall–Kier alpha value is -0.120. The third kappa shape index (κ3) is 8.90. The molecule has 0 bridgehead atoms. The molecule has 0 aliphatic carbocycles. The van der Waals surface area contributed by atoms with Gasteiger partial charge in [-0.1, -0.05) is 13.8 Å². The van der Waals surface area contributed by atoms with Crippen molar-refractivity contribution < 1.29 is 4.74 Å². The Labute approximate surface area is 114 Å². The molecule has 0 saturated carbocycles. The number of nitrogens with one attached hydrogen (secondary N) is 1. The zero-order valence-electron chi connectivity index (χ0n) is 13.5. The minimum Gasteiger partial charge on any atom is -0.383 e. The predicted molar refractivity (Wildman–Crippen MR) is 80.1 cm³/mol. The summed E-state index contributed by atoms with van der Waals surface area (Å²) in [6.07, 6.45) is 1.20. The van der Waals surface area contributed by atoms with E-state index in [1.807, 2.05) is 0 Å². The van der Waals surface area contributed by atoms with E-state index >= 15 is 0 Å². The number of ether oxygens (including phenoxy) is 1. The van der Waals surface area contributed by atoms with Gasteiger partial charge in [-0.15, -0.1) is 0 Å². The summed E-state index contributed by atoms with van der Waals surface area (Å²) in [6.45, 7) is 17.6. The summed E-state index contributed by atoms with van der Waals surface area (Å²) in [4.78, 5) is 2.54. The number of nitrogens with zero attached hydrogens (tertiary/aromatic N) is 1. The van der Waals surface area contributed by atoms with Crippen molar-refractivity contribution in [3.63, 3.8) is 0 Å². The van der Waals surface area contributed by atoms with Gasteiger partial charge in [-0.05, 0) is 46.6 Å². The lowest BCUT2D eigenvalue weighted by Gasteiger charge is -2.32. The molecule has 0 rings (SSSR count). The van der Waals surface area contributed by atoms with Crippen molar-refractivity contribution in [1.82, 2.24) is 10.2 Å². The van der Waals surface area contributed by atoms with Crippen LogP contribution < -0.4 is 5.32 Å². The Morgan fingerprint density at radius 1 is 1.22 bits per heavy atom. The molecule has 0 aromatic carbocycles. The van der Waals surface area contributed by atoms with Gasteiger partial charge in [-0.25, -0.2) is 0 Å². The first-order valence-electron chi connectivity index (χ1n) is 7.28. The largest absolute Gasteiger partial charge is 0.383 e.